The number of aromatic amines is 1. The summed E-state index contributed by atoms with van der Waals surface area (Å²) < 4.78 is 5.08. The van der Waals surface area contributed by atoms with Crippen molar-refractivity contribution in [2.75, 3.05) is 12.4 Å². The fourth-order valence-corrected chi connectivity index (χ4v) is 2.38. The lowest BCUT2D eigenvalue weighted by Gasteiger charge is -2.07. The quantitative estimate of drug-likeness (QED) is 0.769. The van der Waals surface area contributed by atoms with E-state index in [0.29, 0.717) is 22.2 Å². The van der Waals surface area contributed by atoms with Crippen LogP contribution in [0.4, 0.5) is 5.69 Å². The molecule has 2 N–H and O–H groups in total. The maximum atomic E-state index is 12.4. The second kappa shape index (κ2) is 6.50. The molecule has 3 rings (SSSR count). The normalized spacial score (nSPS) is 10.3. The summed E-state index contributed by atoms with van der Waals surface area (Å²) in [7, 11) is 1.53. The van der Waals surface area contributed by atoms with E-state index in [1.165, 1.54) is 7.11 Å². The fraction of sp³-hybridized carbons (Fsp3) is 0.0625. The average molecular weight is 329 g/mol. The number of nitrogens with one attached hydrogen (secondary N) is 2. The van der Waals surface area contributed by atoms with Crippen LogP contribution < -0.4 is 10.1 Å². The van der Waals surface area contributed by atoms with Crippen molar-refractivity contribution in [3.63, 3.8) is 0 Å². The Bertz CT molecular complexity index is 833. The largest absolute Gasteiger partial charge is 0.495 e. The predicted molar refractivity (Wildman–Crippen MR) is 87.8 cm³/mol. The SMILES string of the molecule is COc1ccc(NC(=O)c2n[nH]nc2-c2ccccc2)cc1Cl. The number of anilines is 1. The van der Waals surface area contributed by atoms with E-state index in [-0.39, 0.29) is 11.6 Å². The first kappa shape index (κ1) is 15.1. The van der Waals surface area contributed by atoms with Crippen molar-refractivity contribution in [1.82, 2.24) is 15.4 Å². The molecule has 0 aliphatic carbocycles. The van der Waals surface area contributed by atoms with Crippen molar-refractivity contribution < 1.29 is 9.53 Å². The van der Waals surface area contributed by atoms with Gasteiger partial charge in [0.2, 0.25) is 0 Å². The number of rotatable bonds is 4. The number of halogens is 1. The summed E-state index contributed by atoms with van der Waals surface area (Å²) in [6.07, 6.45) is 0. The summed E-state index contributed by atoms with van der Waals surface area (Å²) in [4.78, 5) is 12.4. The maximum absolute atomic E-state index is 12.4. The van der Waals surface area contributed by atoms with Gasteiger partial charge in [-0.2, -0.15) is 15.4 Å². The summed E-state index contributed by atoms with van der Waals surface area (Å²) in [5.74, 6) is 0.162. The number of aromatic nitrogens is 3. The van der Waals surface area contributed by atoms with Crippen molar-refractivity contribution in [2.45, 2.75) is 0 Å². The molecule has 0 saturated carbocycles. The van der Waals surface area contributed by atoms with Gasteiger partial charge in [-0.1, -0.05) is 41.9 Å². The second-order valence-corrected chi connectivity index (χ2v) is 5.10. The summed E-state index contributed by atoms with van der Waals surface area (Å²) in [5, 5.41) is 13.6. The molecule has 1 amide bonds. The molecule has 116 valence electrons. The Labute approximate surface area is 137 Å². The number of H-pyrrole nitrogens is 1. The Balaban J connectivity index is 1.85. The Morgan fingerprint density at radius 1 is 1.17 bits per heavy atom. The van der Waals surface area contributed by atoms with Gasteiger partial charge >= 0.3 is 0 Å². The van der Waals surface area contributed by atoms with Crippen LogP contribution in [0.5, 0.6) is 5.75 Å². The summed E-state index contributed by atoms with van der Waals surface area (Å²) in [5.41, 5.74) is 2.05. The van der Waals surface area contributed by atoms with Crippen molar-refractivity contribution in [3.05, 3.63) is 59.2 Å². The van der Waals surface area contributed by atoms with Crippen LogP contribution in [0.3, 0.4) is 0 Å². The van der Waals surface area contributed by atoms with Crippen molar-refractivity contribution in [2.24, 2.45) is 0 Å². The molecule has 23 heavy (non-hydrogen) atoms. The van der Waals surface area contributed by atoms with E-state index in [4.69, 9.17) is 16.3 Å². The molecule has 1 heterocycles. The summed E-state index contributed by atoms with van der Waals surface area (Å²) in [6.45, 7) is 0. The lowest BCUT2D eigenvalue weighted by atomic mass is 10.1. The Kier molecular flexibility index (Phi) is 4.25. The first-order chi connectivity index (χ1) is 11.2. The molecule has 0 saturated heterocycles. The highest BCUT2D eigenvalue weighted by molar-refractivity contribution is 6.32. The Morgan fingerprint density at radius 2 is 1.96 bits per heavy atom. The van der Waals surface area contributed by atoms with Crippen LogP contribution in [0, 0.1) is 0 Å². The molecular formula is C16H13ClN4O2. The molecule has 2 aromatic carbocycles. The van der Waals surface area contributed by atoms with Gasteiger partial charge in [-0.3, -0.25) is 4.79 Å². The Morgan fingerprint density at radius 3 is 2.65 bits per heavy atom. The average Bonchev–Trinajstić information content (AvgIpc) is 3.05. The van der Waals surface area contributed by atoms with Gasteiger partial charge in [-0.05, 0) is 18.2 Å². The minimum absolute atomic E-state index is 0.211. The molecule has 0 aliphatic heterocycles. The number of amides is 1. The molecule has 0 unspecified atom stereocenters. The highest BCUT2D eigenvalue weighted by atomic mass is 35.5. The highest BCUT2D eigenvalue weighted by Gasteiger charge is 2.18. The van der Waals surface area contributed by atoms with Crippen LogP contribution in [0.1, 0.15) is 10.5 Å². The first-order valence-electron chi connectivity index (χ1n) is 6.80. The monoisotopic (exact) mass is 328 g/mol. The van der Waals surface area contributed by atoms with Gasteiger partial charge in [0.15, 0.2) is 5.69 Å². The van der Waals surface area contributed by atoms with E-state index in [9.17, 15) is 4.79 Å². The molecule has 1 aromatic heterocycles. The predicted octanol–water partition coefficient (Wildman–Crippen LogP) is 3.39. The number of carbonyl (C=O) groups excluding carboxylic acids is 1. The number of hydrogen-bond acceptors (Lipinski definition) is 4. The van der Waals surface area contributed by atoms with Crippen LogP contribution in [0.25, 0.3) is 11.3 Å². The first-order valence-corrected chi connectivity index (χ1v) is 7.18. The van der Waals surface area contributed by atoms with Crippen molar-refractivity contribution in [3.8, 4) is 17.0 Å². The zero-order valence-electron chi connectivity index (χ0n) is 12.2. The van der Waals surface area contributed by atoms with Crippen LogP contribution in [-0.2, 0) is 0 Å². The van der Waals surface area contributed by atoms with E-state index in [1.54, 1.807) is 18.2 Å². The molecule has 3 aromatic rings. The number of nitrogens with zero attached hydrogens (tertiary/aromatic N) is 2. The number of carbonyl (C=O) groups is 1. The smallest absolute Gasteiger partial charge is 0.278 e. The molecule has 0 fully saturated rings. The van der Waals surface area contributed by atoms with Crippen LogP contribution in [-0.4, -0.2) is 28.4 Å². The summed E-state index contributed by atoms with van der Waals surface area (Å²) >= 11 is 6.05. The lowest BCUT2D eigenvalue weighted by Crippen LogP contribution is -2.13. The van der Waals surface area contributed by atoms with Crippen molar-refractivity contribution >= 4 is 23.2 Å². The van der Waals surface area contributed by atoms with Gasteiger partial charge in [0.25, 0.3) is 5.91 Å². The van der Waals surface area contributed by atoms with Crippen molar-refractivity contribution in [1.29, 1.82) is 0 Å². The molecule has 0 spiro atoms. The third-order valence-electron chi connectivity index (χ3n) is 3.22. The molecular weight excluding hydrogens is 316 g/mol. The zero-order valence-corrected chi connectivity index (χ0v) is 13.0. The number of methoxy groups -OCH3 is 1. The van der Waals surface area contributed by atoms with E-state index >= 15 is 0 Å². The number of ether oxygens (including phenoxy) is 1. The second-order valence-electron chi connectivity index (χ2n) is 4.69. The minimum Gasteiger partial charge on any atom is -0.495 e. The molecule has 0 radical (unpaired) electrons. The molecule has 0 aliphatic rings. The lowest BCUT2D eigenvalue weighted by molar-refractivity contribution is 0.102. The van der Waals surface area contributed by atoms with Gasteiger partial charge in [0.05, 0.1) is 12.1 Å². The van der Waals surface area contributed by atoms with Crippen LogP contribution in [0.2, 0.25) is 5.02 Å². The topological polar surface area (TPSA) is 79.9 Å². The standard InChI is InChI=1S/C16H13ClN4O2/c1-23-13-8-7-11(9-12(13)17)18-16(22)15-14(19-21-20-15)10-5-3-2-4-6-10/h2-9H,1H3,(H,18,22)(H,19,20,21). The number of hydrogen-bond donors (Lipinski definition) is 2. The third-order valence-corrected chi connectivity index (χ3v) is 3.52. The van der Waals surface area contributed by atoms with Gasteiger partial charge in [-0.25, -0.2) is 0 Å². The fourth-order valence-electron chi connectivity index (χ4n) is 2.12. The third kappa shape index (κ3) is 3.17. The molecule has 0 bridgehead atoms. The van der Waals surface area contributed by atoms with E-state index in [1.807, 2.05) is 30.3 Å². The summed E-state index contributed by atoms with van der Waals surface area (Å²) in [6, 6.07) is 14.3. The van der Waals surface area contributed by atoms with Gasteiger partial charge in [0, 0.05) is 11.3 Å². The van der Waals surface area contributed by atoms with Gasteiger partial charge < -0.3 is 10.1 Å². The van der Waals surface area contributed by atoms with E-state index < -0.39 is 0 Å². The number of benzene rings is 2. The maximum Gasteiger partial charge on any atom is 0.278 e. The van der Waals surface area contributed by atoms with E-state index in [0.717, 1.165) is 5.56 Å². The molecule has 6 nitrogen and oxygen atoms in total. The molecule has 0 atom stereocenters. The van der Waals surface area contributed by atoms with Crippen LogP contribution in [0.15, 0.2) is 48.5 Å². The highest BCUT2D eigenvalue weighted by Crippen LogP contribution is 2.28. The van der Waals surface area contributed by atoms with Crippen LogP contribution >= 0.6 is 11.6 Å². The van der Waals surface area contributed by atoms with Gasteiger partial charge in [-0.15, -0.1) is 0 Å². The van der Waals surface area contributed by atoms with Gasteiger partial charge in [0.1, 0.15) is 11.4 Å². The zero-order chi connectivity index (χ0) is 16.2. The van der Waals surface area contributed by atoms with E-state index in [2.05, 4.69) is 20.7 Å². The molecule has 7 heteroatoms. The minimum atomic E-state index is -0.376. The Hall–Kier alpha value is -2.86.